The first-order valence-corrected chi connectivity index (χ1v) is 3.96. The van der Waals surface area contributed by atoms with E-state index in [1.54, 1.807) is 0 Å². The summed E-state index contributed by atoms with van der Waals surface area (Å²) in [6.45, 7) is 0. The Balaban J connectivity index is 3.05. The molecule has 0 bridgehead atoms. The summed E-state index contributed by atoms with van der Waals surface area (Å²) in [5.74, 6) is 0. The molecule has 0 saturated heterocycles. The zero-order valence-electron chi connectivity index (χ0n) is 6.60. The van der Waals surface area contributed by atoms with E-state index in [9.17, 15) is 8.78 Å². The van der Waals surface area contributed by atoms with Crippen molar-refractivity contribution in [2.24, 2.45) is 0 Å². The molecule has 1 aromatic rings. The minimum atomic E-state index is -2.52. The second-order valence-electron chi connectivity index (χ2n) is 2.49. The quantitative estimate of drug-likeness (QED) is 0.720. The van der Waals surface area contributed by atoms with Crippen molar-refractivity contribution >= 4 is 11.6 Å². The first kappa shape index (κ1) is 9.94. The highest BCUT2D eigenvalue weighted by molar-refractivity contribution is 6.31. The third kappa shape index (κ3) is 2.40. The average molecular weight is 202 g/mol. The molecule has 1 aromatic carbocycles. The summed E-state index contributed by atoms with van der Waals surface area (Å²) in [6.07, 6.45) is -2.46. The van der Waals surface area contributed by atoms with Crippen LogP contribution in [0.25, 0.3) is 0 Å². The van der Waals surface area contributed by atoms with Gasteiger partial charge in [-0.25, -0.2) is 8.78 Å². The molecule has 0 aromatic heterocycles. The Kier molecular flexibility index (Phi) is 3.21. The lowest BCUT2D eigenvalue weighted by Crippen LogP contribution is -1.89. The van der Waals surface area contributed by atoms with Gasteiger partial charge in [0.05, 0.1) is 12.5 Å². The third-order valence-electron chi connectivity index (χ3n) is 1.59. The van der Waals surface area contributed by atoms with Gasteiger partial charge in [-0.05, 0) is 17.7 Å². The molecular formula is C9H6ClF2N. The summed E-state index contributed by atoms with van der Waals surface area (Å²) in [4.78, 5) is 0. The van der Waals surface area contributed by atoms with Gasteiger partial charge in [-0.2, -0.15) is 5.26 Å². The highest BCUT2D eigenvalue weighted by Gasteiger charge is 2.09. The highest BCUT2D eigenvalue weighted by Crippen LogP contribution is 2.24. The molecule has 0 N–H and O–H groups in total. The zero-order chi connectivity index (χ0) is 9.84. The van der Waals surface area contributed by atoms with E-state index in [4.69, 9.17) is 16.9 Å². The number of nitrogens with zero attached hydrogens (tertiary/aromatic N) is 1. The third-order valence-corrected chi connectivity index (χ3v) is 1.96. The molecule has 0 amide bonds. The van der Waals surface area contributed by atoms with Crippen LogP contribution < -0.4 is 0 Å². The minimum absolute atomic E-state index is 0.0550. The molecule has 68 valence electrons. The molecule has 0 saturated carbocycles. The van der Waals surface area contributed by atoms with Crippen molar-refractivity contribution in [2.45, 2.75) is 12.8 Å². The van der Waals surface area contributed by atoms with Crippen LogP contribution in [0.3, 0.4) is 0 Å². The number of hydrogen-bond acceptors (Lipinski definition) is 1. The van der Waals surface area contributed by atoms with Gasteiger partial charge in [-0.1, -0.05) is 17.7 Å². The summed E-state index contributed by atoms with van der Waals surface area (Å²) < 4.78 is 24.4. The maximum atomic E-state index is 12.2. The highest BCUT2D eigenvalue weighted by atomic mass is 35.5. The van der Waals surface area contributed by atoms with Crippen molar-refractivity contribution in [1.82, 2.24) is 0 Å². The molecule has 0 heterocycles. The van der Waals surface area contributed by atoms with E-state index in [2.05, 4.69) is 0 Å². The van der Waals surface area contributed by atoms with Gasteiger partial charge in [0.2, 0.25) is 0 Å². The Morgan fingerprint density at radius 3 is 2.69 bits per heavy atom. The monoisotopic (exact) mass is 201 g/mol. The molecule has 0 atom stereocenters. The van der Waals surface area contributed by atoms with Crippen molar-refractivity contribution in [3.63, 3.8) is 0 Å². The second kappa shape index (κ2) is 4.20. The average Bonchev–Trinajstić information content (AvgIpc) is 2.08. The molecule has 0 aliphatic rings. The number of benzene rings is 1. The van der Waals surface area contributed by atoms with Crippen LogP contribution in [0.2, 0.25) is 5.02 Å². The lowest BCUT2D eigenvalue weighted by molar-refractivity contribution is 0.151. The number of hydrogen-bond donors (Lipinski definition) is 0. The van der Waals surface area contributed by atoms with E-state index in [1.165, 1.54) is 18.2 Å². The first-order chi connectivity index (χ1) is 6.15. The zero-order valence-corrected chi connectivity index (χ0v) is 7.35. The van der Waals surface area contributed by atoms with Crippen molar-refractivity contribution in [3.8, 4) is 6.07 Å². The number of halogens is 3. The molecule has 0 spiro atoms. The van der Waals surface area contributed by atoms with E-state index in [0.717, 1.165) is 0 Å². The van der Waals surface area contributed by atoms with Crippen molar-refractivity contribution in [3.05, 3.63) is 34.3 Å². The Morgan fingerprint density at radius 2 is 2.15 bits per heavy atom. The number of nitriles is 1. The number of alkyl halides is 2. The fourth-order valence-electron chi connectivity index (χ4n) is 0.951. The Labute approximate surface area is 79.6 Å². The molecule has 1 rings (SSSR count). The molecule has 0 unspecified atom stereocenters. The molecule has 0 aliphatic carbocycles. The topological polar surface area (TPSA) is 23.8 Å². The van der Waals surface area contributed by atoms with Gasteiger partial charge in [0.1, 0.15) is 0 Å². The predicted octanol–water partition coefficient (Wildman–Crippen LogP) is 3.34. The van der Waals surface area contributed by atoms with Gasteiger partial charge in [-0.15, -0.1) is 0 Å². The Hall–Kier alpha value is -1.14. The van der Waals surface area contributed by atoms with Gasteiger partial charge >= 0.3 is 0 Å². The predicted molar refractivity (Wildman–Crippen MR) is 45.7 cm³/mol. The molecule has 0 fully saturated rings. The molecule has 13 heavy (non-hydrogen) atoms. The standard InChI is InChI=1S/C9H6ClF2N/c10-8-2-1-7(9(11)12)5-6(8)3-4-13/h1-2,5,9H,3H2. The van der Waals surface area contributed by atoms with Crippen molar-refractivity contribution in [1.29, 1.82) is 5.26 Å². The van der Waals surface area contributed by atoms with Gasteiger partial charge in [-0.3, -0.25) is 0 Å². The second-order valence-corrected chi connectivity index (χ2v) is 2.89. The van der Waals surface area contributed by atoms with Crippen LogP contribution in [0.4, 0.5) is 8.78 Å². The maximum Gasteiger partial charge on any atom is 0.263 e. The van der Waals surface area contributed by atoms with Gasteiger partial charge in [0, 0.05) is 10.6 Å². The van der Waals surface area contributed by atoms with Crippen molar-refractivity contribution in [2.75, 3.05) is 0 Å². The van der Waals surface area contributed by atoms with Crippen molar-refractivity contribution < 1.29 is 8.78 Å². The molecule has 0 radical (unpaired) electrons. The van der Waals surface area contributed by atoms with E-state index in [0.29, 0.717) is 10.6 Å². The van der Waals surface area contributed by atoms with E-state index < -0.39 is 6.43 Å². The summed E-state index contributed by atoms with van der Waals surface area (Å²) in [5, 5.41) is 8.73. The summed E-state index contributed by atoms with van der Waals surface area (Å²) >= 11 is 5.68. The fraction of sp³-hybridized carbons (Fsp3) is 0.222. The van der Waals surface area contributed by atoms with Crippen LogP contribution in [0.1, 0.15) is 17.6 Å². The fourth-order valence-corrected chi connectivity index (χ4v) is 1.14. The maximum absolute atomic E-state index is 12.2. The van der Waals surface area contributed by atoms with Crippen LogP contribution in [-0.2, 0) is 6.42 Å². The van der Waals surface area contributed by atoms with Gasteiger partial charge < -0.3 is 0 Å². The molecule has 0 aliphatic heterocycles. The van der Waals surface area contributed by atoms with Gasteiger partial charge in [0.15, 0.2) is 0 Å². The summed E-state index contributed by atoms with van der Waals surface area (Å²) in [6, 6.07) is 5.76. The smallest absolute Gasteiger partial charge is 0.205 e. The SMILES string of the molecule is N#CCc1cc(C(F)F)ccc1Cl. The number of rotatable bonds is 2. The normalized spacial score (nSPS) is 10.1. The lowest BCUT2D eigenvalue weighted by atomic mass is 10.1. The van der Waals surface area contributed by atoms with E-state index in [-0.39, 0.29) is 12.0 Å². The van der Waals surface area contributed by atoms with Crippen LogP contribution in [0, 0.1) is 11.3 Å². The molecule has 1 nitrogen and oxygen atoms in total. The van der Waals surface area contributed by atoms with E-state index in [1.807, 2.05) is 6.07 Å². The summed E-state index contributed by atoms with van der Waals surface area (Å²) in [5.41, 5.74) is 0.344. The van der Waals surface area contributed by atoms with Gasteiger partial charge in [0.25, 0.3) is 6.43 Å². The Morgan fingerprint density at radius 1 is 1.46 bits per heavy atom. The molecular weight excluding hydrogens is 196 g/mol. The van der Waals surface area contributed by atoms with E-state index >= 15 is 0 Å². The molecule has 4 heteroatoms. The van der Waals surface area contributed by atoms with Crippen LogP contribution in [0.5, 0.6) is 0 Å². The van der Waals surface area contributed by atoms with Crippen LogP contribution >= 0.6 is 11.6 Å². The minimum Gasteiger partial charge on any atom is -0.205 e. The lowest BCUT2D eigenvalue weighted by Gasteiger charge is -2.03. The van der Waals surface area contributed by atoms with Crippen LogP contribution in [0.15, 0.2) is 18.2 Å². The Bertz CT molecular complexity index is 344. The largest absolute Gasteiger partial charge is 0.263 e. The summed E-state index contributed by atoms with van der Waals surface area (Å²) in [7, 11) is 0. The van der Waals surface area contributed by atoms with Crippen LogP contribution in [-0.4, -0.2) is 0 Å². The first-order valence-electron chi connectivity index (χ1n) is 3.58.